The first kappa shape index (κ1) is 53.3. The van der Waals surface area contributed by atoms with E-state index < -0.39 is 5.41 Å². The Morgan fingerprint density at radius 1 is 0.290 bits per heavy atom. The van der Waals surface area contributed by atoms with Gasteiger partial charge in [0, 0.05) is 72.2 Å². The van der Waals surface area contributed by atoms with E-state index in [0.717, 1.165) is 188 Å². The van der Waals surface area contributed by atoms with Crippen LogP contribution in [0.15, 0.2) is 225 Å². The van der Waals surface area contributed by atoms with Gasteiger partial charge in [-0.1, -0.05) is 148 Å². The summed E-state index contributed by atoms with van der Waals surface area (Å²) in [5.41, 5.74) is 31.0. The minimum absolute atomic E-state index is 0.531. The van der Waals surface area contributed by atoms with Gasteiger partial charge in [-0.15, -0.1) is 0 Å². The lowest BCUT2D eigenvalue weighted by Gasteiger charge is -2.31. The molecule has 0 atom stereocenters. The molecule has 0 N–H and O–H groups in total. The SMILES string of the molecule is Cc1ccc2c(c1)c1cc(C)ccc1n2-c1c(C#N)c(-n2c3ccc(C)cc3c3cc(C)ccc32)c(-n2c3ccc(C)cc3c3cc(C)ccc32)c(-c2cccc3c2-c2ccccc2C32c3ncccc3-c3cccnc32)c1-n1c2ccc(C)cc2c2cc(C)ccc21. The molecular formula is C86H61N7. The highest BCUT2D eigenvalue weighted by molar-refractivity contribution is 6.19. The molecule has 11 aromatic carbocycles. The Balaban J connectivity index is 1.17. The zero-order chi connectivity index (χ0) is 62.6. The highest BCUT2D eigenvalue weighted by Gasteiger charge is 2.55. The summed E-state index contributed by atoms with van der Waals surface area (Å²) in [6, 6.07) is 82.9. The fourth-order valence-corrected chi connectivity index (χ4v) is 16.9. The average molecular weight is 1190 g/mol. The molecule has 0 radical (unpaired) electrons. The first-order valence-corrected chi connectivity index (χ1v) is 32.3. The van der Waals surface area contributed by atoms with Crippen molar-refractivity contribution in [3.63, 3.8) is 0 Å². The minimum Gasteiger partial charge on any atom is -0.306 e. The molecule has 0 saturated carbocycles. The van der Waals surface area contributed by atoms with Crippen LogP contribution in [-0.2, 0) is 5.41 Å². The largest absolute Gasteiger partial charge is 0.306 e. The molecule has 6 aromatic heterocycles. The molecule has 19 rings (SSSR count). The number of hydrogen-bond donors (Lipinski definition) is 0. The Bertz CT molecular complexity index is 5740. The smallest absolute Gasteiger partial charge is 0.107 e. The molecule has 2 aliphatic carbocycles. The molecule has 2 aliphatic rings. The summed E-state index contributed by atoms with van der Waals surface area (Å²) >= 11 is 0. The summed E-state index contributed by atoms with van der Waals surface area (Å²) in [5, 5.41) is 22.5. The van der Waals surface area contributed by atoms with E-state index in [1.807, 2.05) is 12.4 Å². The van der Waals surface area contributed by atoms with Crippen LogP contribution in [0.3, 0.4) is 0 Å². The second kappa shape index (κ2) is 19.0. The zero-order valence-corrected chi connectivity index (χ0v) is 53.0. The minimum atomic E-state index is -0.886. The van der Waals surface area contributed by atoms with Crippen molar-refractivity contribution in [2.45, 2.75) is 60.8 Å². The number of rotatable bonds is 5. The summed E-state index contributed by atoms with van der Waals surface area (Å²) in [7, 11) is 0. The van der Waals surface area contributed by atoms with Crippen molar-refractivity contribution in [3.05, 3.63) is 297 Å². The van der Waals surface area contributed by atoms with Crippen molar-refractivity contribution in [1.82, 2.24) is 28.2 Å². The molecule has 0 aliphatic heterocycles. The number of fused-ring (bicyclic) bond motifs is 22. The second-order valence-electron chi connectivity index (χ2n) is 26.6. The van der Waals surface area contributed by atoms with E-state index in [1.54, 1.807) is 0 Å². The van der Waals surface area contributed by atoms with Gasteiger partial charge in [0.05, 0.1) is 78.3 Å². The topological polar surface area (TPSA) is 69.3 Å². The van der Waals surface area contributed by atoms with Gasteiger partial charge in [0.2, 0.25) is 0 Å². The van der Waals surface area contributed by atoms with Crippen LogP contribution >= 0.6 is 0 Å². The Labute approximate surface area is 537 Å². The third-order valence-corrected chi connectivity index (χ3v) is 20.7. The zero-order valence-electron chi connectivity index (χ0n) is 53.0. The predicted octanol–water partition coefficient (Wildman–Crippen LogP) is 21.2. The molecule has 1 spiro atoms. The number of benzene rings is 11. The fourth-order valence-electron chi connectivity index (χ4n) is 16.9. The monoisotopic (exact) mass is 1190 g/mol. The first-order valence-electron chi connectivity index (χ1n) is 32.3. The van der Waals surface area contributed by atoms with Crippen molar-refractivity contribution < 1.29 is 0 Å². The third kappa shape index (κ3) is 7.02. The number of nitrogens with zero attached hydrogens (tertiary/aromatic N) is 7. The number of hydrogen-bond acceptors (Lipinski definition) is 3. The van der Waals surface area contributed by atoms with Crippen LogP contribution in [0, 0.1) is 66.7 Å². The molecule has 440 valence electrons. The number of nitriles is 1. The Morgan fingerprint density at radius 2 is 0.581 bits per heavy atom. The van der Waals surface area contributed by atoms with E-state index in [1.165, 1.54) is 22.3 Å². The molecule has 93 heavy (non-hydrogen) atoms. The summed E-state index contributed by atoms with van der Waals surface area (Å²) in [4.78, 5) is 10.9. The summed E-state index contributed by atoms with van der Waals surface area (Å²) in [6.45, 7) is 17.5. The third-order valence-electron chi connectivity index (χ3n) is 20.7. The highest BCUT2D eigenvalue weighted by Crippen LogP contribution is 2.64. The predicted molar refractivity (Wildman–Crippen MR) is 384 cm³/mol. The van der Waals surface area contributed by atoms with Gasteiger partial charge in [-0.05, 0) is 192 Å². The second-order valence-corrected chi connectivity index (χ2v) is 26.6. The van der Waals surface area contributed by atoms with E-state index in [2.05, 4.69) is 292 Å². The highest BCUT2D eigenvalue weighted by atomic mass is 15.1. The Kier molecular flexibility index (Phi) is 10.9. The molecule has 0 unspecified atom stereocenters. The lowest BCUT2D eigenvalue weighted by atomic mass is 9.74. The number of aryl methyl sites for hydroxylation is 8. The fraction of sp³-hybridized carbons (Fsp3) is 0.105. The van der Waals surface area contributed by atoms with Gasteiger partial charge in [-0.3, -0.25) is 9.97 Å². The maximum atomic E-state index is 13.5. The molecule has 0 bridgehead atoms. The molecule has 17 aromatic rings. The molecular weight excluding hydrogens is 1130 g/mol. The van der Waals surface area contributed by atoms with Crippen molar-refractivity contribution >= 4 is 87.2 Å². The molecule has 7 heteroatoms. The van der Waals surface area contributed by atoms with Crippen molar-refractivity contribution in [2.24, 2.45) is 0 Å². The van der Waals surface area contributed by atoms with Gasteiger partial charge in [0.15, 0.2) is 0 Å². The van der Waals surface area contributed by atoms with E-state index in [0.29, 0.717) is 5.56 Å². The van der Waals surface area contributed by atoms with E-state index in [4.69, 9.17) is 9.97 Å². The van der Waals surface area contributed by atoms with E-state index in [-0.39, 0.29) is 0 Å². The molecule has 7 nitrogen and oxygen atoms in total. The maximum absolute atomic E-state index is 13.5. The van der Waals surface area contributed by atoms with Crippen LogP contribution in [0.4, 0.5) is 0 Å². The van der Waals surface area contributed by atoms with Crippen LogP contribution < -0.4 is 0 Å². The van der Waals surface area contributed by atoms with Crippen LogP contribution in [0.25, 0.3) is 143 Å². The van der Waals surface area contributed by atoms with Gasteiger partial charge in [-0.25, -0.2) is 0 Å². The van der Waals surface area contributed by atoms with Gasteiger partial charge in [0.1, 0.15) is 17.0 Å². The van der Waals surface area contributed by atoms with Crippen LogP contribution in [0.1, 0.15) is 72.6 Å². The number of aromatic nitrogens is 6. The van der Waals surface area contributed by atoms with Gasteiger partial charge in [-0.2, -0.15) is 5.26 Å². The standard InChI is InChI=1S/C86H61N7/c1-47-20-28-70-59(38-47)60-39-48(2)21-29-71(60)90(70)80-67(46-87)81(91-72-30-22-49(3)40-61(72)62-41-50(4)23-31-73(62)91)83(93-76-34-26-53(7)44-65(76)66-45-54(8)27-35-77(66)93)79(82(80)92-74-32-24-51(5)42-63(74)64-43-52(6)25-33-75(64)92)58-15-11-19-69-78(58)57-14-9-10-18-68(57)86(69)84-55(16-12-36-88-84)56-17-13-37-89-85(56)86/h9-45H,1-8H3. The van der Waals surface area contributed by atoms with Gasteiger partial charge in [0.25, 0.3) is 0 Å². The summed E-state index contributed by atoms with van der Waals surface area (Å²) in [6.07, 6.45) is 3.90. The molecule has 0 saturated heterocycles. The maximum Gasteiger partial charge on any atom is 0.107 e. The average Bonchev–Trinajstić information content (AvgIpc) is 1.53. The Hall–Kier alpha value is -11.6. The van der Waals surface area contributed by atoms with Gasteiger partial charge < -0.3 is 18.3 Å². The summed E-state index contributed by atoms with van der Waals surface area (Å²) in [5.74, 6) is 0. The Morgan fingerprint density at radius 3 is 0.914 bits per heavy atom. The number of pyridine rings is 2. The van der Waals surface area contributed by atoms with Crippen molar-refractivity contribution in [3.8, 4) is 62.2 Å². The summed E-state index contributed by atoms with van der Waals surface area (Å²) < 4.78 is 10.0. The lowest BCUT2D eigenvalue weighted by Crippen LogP contribution is -2.28. The van der Waals surface area contributed by atoms with Crippen molar-refractivity contribution in [2.75, 3.05) is 0 Å². The van der Waals surface area contributed by atoms with E-state index in [9.17, 15) is 5.26 Å². The van der Waals surface area contributed by atoms with Crippen LogP contribution in [0.5, 0.6) is 0 Å². The quantitative estimate of drug-likeness (QED) is 0.172. The lowest BCUT2D eigenvalue weighted by molar-refractivity contribution is 0.732. The van der Waals surface area contributed by atoms with Gasteiger partial charge >= 0.3 is 0 Å². The van der Waals surface area contributed by atoms with Crippen LogP contribution in [0.2, 0.25) is 0 Å². The van der Waals surface area contributed by atoms with Crippen LogP contribution in [-0.4, -0.2) is 28.2 Å². The van der Waals surface area contributed by atoms with E-state index >= 15 is 0 Å². The molecule has 6 heterocycles. The normalized spacial score (nSPS) is 13.0. The molecule has 0 amide bonds. The molecule has 0 fully saturated rings. The van der Waals surface area contributed by atoms with Crippen molar-refractivity contribution in [1.29, 1.82) is 5.26 Å². The first-order chi connectivity index (χ1) is 45.4.